The van der Waals surface area contributed by atoms with Crippen LogP contribution in [-0.2, 0) is 4.79 Å². The monoisotopic (exact) mass is 541 g/mol. The SMILES string of the molecule is COc1ccc(OC)c([C@@H]2C3=C(C[C@H](c4cccs4)CC3=O)Nc3c2c(C)nn3-c2ccccc2C(=O)O)c1. The van der Waals surface area contributed by atoms with Crippen LogP contribution < -0.4 is 14.8 Å². The van der Waals surface area contributed by atoms with Crippen molar-refractivity contribution in [1.29, 1.82) is 0 Å². The van der Waals surface area contributed by atoms with Crippen LogP contribution in [0.4, 0.5) is 5.82 Å². The topological polar surface area (TPSA) is 103 Å². The second-order valence-electron chi connectivity index (χ2n) is 9.68. The van der Waals surface area contributed by atoms with Crippen LogP contribution in [0.3, 0.4) is 0 Å². The summed E-state index contributed by atoms with van der Waals surface area (Å²) in [5.41, 5.74) is 4.38. The average molecular weight is 542 g/mol. The van der Waals surface area contributed by atoms with Crippen LogP contribution in [0.15, 0.2) is 71.2 Å². The number of carboxylic acid groups (broad SMARTS) is 1. The van der Waals surface area contributed by atoms with Gasteiger partial charge in [0.05, 0.1) is 31.2 Å². The van der Waals surface area contributed by atoms with Gasteiger partial charge in [-0.15, -0.1) is 11.3 Å². The highest BCUT2D eigenvalue weighted by atomic mass is 32.1. The number of methoxy groups -OCH3 is 2. The predicted octanol–water partition coefficient (Wildman–Crippen LogP) is 5.92. The number of carbonyl (C=O) groups excluding carboxylic acids is 1. The molecule has 6 rings (SSSR count). The van der Waals surface area contributed by atoms with Gasteiger partial charge < -0.3 is 19.9 Å². The minimum absolute atomic E-state index is 0.0573. The Hall–Kier alpha value is -4.37. The maximum Gasteiger partial charge on any atom is 0.337 e. The molecule has 0 radical (unpaired) electrons. The van der Waals surface area contributed by atoms with Gasteiger partial charge in [-0.2, -0.15) is 5.10 Å². The molecule has 1 aliphatic carbocycles. The molecule has 2 aliphatic rings. The summed E-state index contributed by atoms with van der Waals surface area (Å²) in [6.07, 6.45) is 1.06. The normalized spacial score (nSPS) is 18.3. The number of carboxylic acids is 1. The van der Waals surface area contributed by atoms with E-state index in [-0.39, 0.29) is 17.3 Å². The average Bonchev–Trinajstić information content (AvgIpc) is 3.60. The first kappa shape index (κ1) is 24.9. The van der Waals surface area contributed by atoms with Crippen LogP contribution in [-0.4, -0.2) is 40.9 Å². The molecule has 0 saturated heterocycles. The Morgan fingerprint density at radius 2 is 1.92 bits per heavy atom. The van der Waals surface area contributed by atoms with Gasteiger partial charge in [0.15, 0.2) is 5.78 Å². The van der Waals surface area contributed by atoms with Crippen LogP contribution >= 0.6 is 11.3 Å². The summed E-state index contributed by atoms with van der Waals surface area (Å²) < 4.78 is 13.0. The number of ether oxygens (including phenoxy) is 2. The highest BCUT2D eigenvalue weighted by molar-refractivity contribution is 7.10. The van der Waals surface area contributed by atoms with Crippen LogP contribution in [0.5, 0.6) is 11.5 Å². The lowest BCUT2D eigenvalue weighted by atomic mass is 9.73. The van der Waals surface area contributed by atoms with E-state index in [0.29, 0.717) is 47.1 Å². The zero-order valence-corrected chi connectivity index (χ0v) is 22.5. The summed E-state index contributed by atoms with van der Waals surface area (Å²) in [5, 5.41) is 20.3. The van der Waals surface area contributed by atoms with Crippen molar-refractivity contribution in [1.82, 2.24) is 9.78 Å². The summed E-state index contributed by atoms with van der Waals surface area (Å²) >= 11 is 1.65. The number of para-hydroxylation sites is 1. The van der Waals surface area contributed by atoms with E-state index in [1.54, 1.807) is 54.5 Å². The largest absolute Gasteiger partial charge is 0.497 e. The van der Waals surface area contributed by atoms with Gasteiger partial charge in [-0.3, -0.25) is 4.79 Å². The molecular weight excluding hydrogens is 514 g/mol. The zero-order valence-electron chi connectivity index (χ0n) is 21.7. The molecule has 9 heteroatoms. The quantitative estimate of drug-likeness (QED) is 0.313. The third kappa shape index (κ3) is 4.10. The van der Waals surface area contributed by atoms with E-state index < -0.39 is 11.9 Å². The van der Waals surface area contributed by atoms with E-state index in [4.69, 9.17) is 14.6 Å². The molecule has 0 saturated carbocycles. The number of carbonyl (C=O) groups is 2. The molecule has 0 fully saturated rings. The molecule has 0 amide bonds. The summed E-state index contributed by atoms with van der Waals surface area (Å²) in [7, 11) is 3.21. The molecule has 3 heterocycles. The van der Waals surface area contributed by atoms with E-state index in [1.807, 2.05) is 36.6 Å². The summed E-state index contributed by atoms with van der Waals surface area (Å²) in [6.45, 7) is 1.88. The molecule has 2 aromatic heterocycles. The van der Waals surface area contributed by atoms with Crippen LogP contribution in [0.1, 0.15) is 56.7 Å². The van der Waals surface area contributed by atoms with E-state index in [9.17, 15) is 14.7 Å². The molecule has 2 atom stereocenters. The lowest BCUT2D eigenvalue weighted by Gasteiger charge is -2.36. The molecular formula is C30H27N3O5S. The molecule has 0 bridgehead atoms. The molecule has 1 aliphatic heterocycles. The summed E-state index contributed by atoms with van der Waals surface area (Å²) in [6, 6.07) is 16.4. The molecule has 198 valence electrons. The fourth-order valence-electron chi connectivity index (χ4n) is 5.79. The Kier molecular flexibility index (Phi) is 6.23. The number of thiophene rings is 1. The molecule has 4 aromatic rings. The van der Waals surface area contributed by atoms with Crippen molar-refractivity contribution in [3.63, 3.8) is 0 Å². The summed E-state index contributed by atoms with van der Waals surface area (Å²) in [4.78, 5) is 27.2. The van der Waals surface area contributed by atoms with Crippen molar-refractivity contribution in [2.75, 3.05) is 19.5 Å². The van der Waals surface area contributed by atoms with E-state index in [2.05, 4.69) is 11.4 Å². The number of nitrogens with one attached hydrogen (secondary N) is 1. The number of hydrogen-bond acceptors (Lipinski definition) is 7. The number of rotatable bonds is 6. The number of allylic oxidation sites excluding steroid dienone is 2. The number of fused-ring (bicyclic) bond motifs is 1. The Morgan fingerprint density at radius 1 is 1.10 bits per heavy atom. The predicted molar refractivity (Wildman–Crippen MR) is 149 cm³/mol. The second kappa shape index (κ2) is 9.74. The van der Waals surface area contributed by atoms with Crippen molar-refractivity contribution >= 4 is 28.9 Å². The van der Waals surface area contributed by atoms with E-state index >= 15 is 0 Å². The first-order valence-corrected chi connectivity index (χ1v) is 13.5. The Labute approximate surface area is 229 Å². The van der Waals surface area contributed by atoms with Gasteiger partial charge in [0.2, 0.25) is 0 Å². The minimum Gasteiger partial charge on any atom is -0.497 e. The number of aromatic carboxylic acids is 1. The smallest absolute Gasteiger partial charge is 0.337 e. The van der Waals surface area contributed by atoms with Gasteiger partial charge in [0.25, 0.3) is 0 Å². The van der Waals surface area contributed by atoms with Gasteiger partial charge in [0, 0.05) is 45.5 Å². The van der Waals surface area contributed by atoms with Crippen molar-refractivity contribution in [2.24, 2.45) is 0 Å². The maximum atomic E-state index is 13.9. The first-order valence-electron chi connectivity index (χ1n) is 12.6. The summed E-state index contributed by atoms with van der Waals surface area (Å²) in [5.74, 6) is 0.543. The molecule has 2 N–H and O–H groups in total. The Morgan fingerprint density at radius 3 is 2.64 bits per heavy atom. The van der Waals surface area contributed by atoms with Gasteiger partial charge >= 0.3 is 5.97 Å². The van der Waals surface area contributed by atoms with Crippen molar-refractivity contribution in [2.45, 2.75) is 31.6 Å². The number of aromatic nitrogens is 2. The fraction of sp³-hybridized carbons (Fsp3) is 0.233. The molecule has 0 spiro atoms. The Balaban J connectivity index is 1.61. The maximum absolute atomic E-state index is 13.9. The van der Waals surface area contributed by atoms with Gasteiger partial charge in [-0.1, -0.05) is 18.2 Å². The highest BCUT2D eigenvalue weighted by Gasteiger charge is 2.42. The first-order chi connectivity index (χ1) is 18.9. The standard InChI is InChI=1S/C30H27N3O5S/c1-16-26-27(20-15-18(37-2)10-11-24(20)38-3)28-21(13-17(14-23(28)34)25-9-6-12-39-25)31-29(26)33(32-16)22-8-5-4-7-19(22)30(35)36/h4-12,15,17,27,31H,13-14H2,1-3H3,(H,35,36)/t17-,27-/m0/s1. The molecule has 0 unspecified atom stereocenters. The number of hydrogen-bond donors (Lipinski definition) is 2. The van der Waals surface area contributed by atoms with Crippen LogP contribution in [0.25, 0.3) is 5.69 Å². The Bertz CT molecular complexity index is 1640. The third-order valence-corrected chi connectivity index (χ3v) is 8.55. The zero-order chi connectivity index (χ0) is 27.3. The molecule has 2 aromatic carbocycles. The number of Topliss-reactive ketones (excluding diaryl/α,β-unsaturated/α-hetero) is 1. The number of nitrogens with zero attached hydrogens (tertiary/aromatic N) is 2. The third-order valence-electron chi connectivity index (χ3n) is 7.52. The van der Waals surface area contributed by atoms with Crippen LogP contribution in [0.2, 0.25) is 0 Å². The number of ketones is 1. The van der Waals surface area contributed by atoms with Crippen LogP contribution in [0, 0.1) is 6.92 Å². The number of aryl methyl sites for hydroxylation is 1. The van der Waals surface area contributed by atoms with E-state index in [1.165, 1.54) is 4.88 Å². The molecule has 39 heavy (non-hydrogen) atoms. The van der Waals surface area contributed by atoms with Gasteiger partial charge in [0.1, 0.15) is 17.3 Å². The number of anilines is 1. The lowest BCUT2D eigenvalue weighted by molar-refractivity contribution is -0.116. The molecule has 8 nitrogen and oxygen atoms in total. The minimum atomic E-state index is -1.04. The van der Waals surface area contributed by atoms with E-state index in [0.717, 1.165) is 16.8 Å². The van der Waals surface area contributed by atoms with Gasteiger partial charge in [-0.05, 0) is 55.1 Å². The highest BCUT2D eigenvalue weighted by Crippen LogP contribution is 2.52. The van der Waals surface area contributed by atoms with Crippen molar-refractivity contribution in [3.05, 3.63) is 98.5 Å². The van der Waals surface area contributed by atoms with Gasteiger partial charge in [-0.25, -0.2) is 9.48 Å². The number of benzene rings is 2. The van der Waals surface area contributed by atoms with Crippen molar-refractivity contribution in [3.8, 4) is 17.2 Å². The second-order valence-corrected chi connectivity index (χ2v) is 10.7. The fourth-order valence-corrected chi connectivity index (χ4v) is 6.62. The lowest BCUT2D eigenvalue weighted by Crippen LogP contribution is -2.30. The van der Waals surface area contributed by atoms with Crippen molar-refractivity contribution < 1.29 is 24.2 Å².